The van der Waals surface area contributed by atoms with E-state index in [0.29, 0.717) is 5.56 Å². The maximum atomic E-state index is 13.0. The number of carbonyl (C=O) groups is 1. The second-order valence-electron chi connectivity index (χ2n) is 3.24. The van der Waals surface area contributed by atoms with Gasteiger partial charge in [0.25, 0.3) is 5.91 Å². The molecule has 1 amide bonds. The number of rotatable bonds is 2. The van der Waals surface area contributed by atoms with Gasteiger partial charge in [0.15, 0.2) is 17.3 Å². The van der Waals surface area contributed by atoms with Gasteiger partial charge in [0.2, 0.25) is 0 Å². The van der Waals surface area contributed by atoms with Gasteiger partial charge in [0.1, 0.15) is 5.82 Å². The average molecular weight is 233 g/mol. The first-order valence-corrected chi connectivity index (χ1v) is 4.64. The van der Waals surface area contributed by atoms with Crippen molar-refractivity contribution in [2.24, 2.45) is 5.73 Å². The summed E-state index contributed by atoms with van der Waals surface area (Å²) in [6, 6.07) is 5.63. The Morgan fingerprint density at radius 3 is 2.65 bits per heavy atom. The zero-order valence-electron chi connectivity index (χ0n) is 8.59. The first-order chi connectivity index (χ1) is 8.08. The van der Waals surface area contributed by atoms with Gasteiger partial charge in [-0.3, -0.25) is 4.79 Å². The molecule has 0 atom stereocenters. The van der Waals surface area contributed by atoms with Gasteiger partial charge < -0.3 is 11.5 Å². The van der Waals surface area contributed by atoms with E-state index in [9.17, 15) is 9.18 Å². The maximum Gasteiger partial charge on any atom is 0.273 e. The Balaban J connectivity index is 2.48. The lowest BCUT2D eigenvalue weighted by atomic mass is 10.2. The van der Waals surface area contributed by atoms with E-state index in [1.165, 1.54) is 18.2 Å². The number of nitrogens with zero attached hydrogens (tertiary/aromatic N) is 3. The number of carbonyl (C=O) groups excluding carboxylic acids is 1. The van der Waals surface area contributed by atoms with Gasteiger partial charge in [-0.1, -0.05) is 12.1 Å². The van der Waals surface area contributed by atoms with Crippen molar-refractivity contribution >= 4 is 11.7 Å². The molecule has 2 aromatic rings. The monoisotopic (exact) mass is 233 g/mol. The van der Waals surface area contributed by atoms with E-state index in [-0.39, 0.29) is 17.3 Å². The van der Waals surface area contributed by atoms with Crippen LogP contribution in [0.4, 0.5) is 10.2 Å². The highest BCUT2D eigenvalue weighted by Gasteiger charge is 2.12. The van der Waals surface area contributed by atoms with Crippen LogP contribution in [0.25, 0.3) is 11.4 Å². The molecule has 6 nitrogen and oxygen atoms in total. The molecule has 1 aromatic heterocycles. The van der Waals surface area contributed by atoms with Crippen LogP contribution < -0.4 is 11.5 Å². The van der Waals surface area contributed by atoms with Crippen molar-refractivity contribution in [3.63, 3.8) is 0 Å². The smallest absolute Gasteiger partial charge is 0.273 e. The lowest BCUT2D eigenvalue weighted by Gasteiger charge is -2.02. The Kier molecular flexibility index (Phi) is 2.65. The molecule has 0 saturated carbocycles. The molecule has 7 heteroatoms. The van der Waals surface area contributed by atoms with Crippen LogP contribution >= 0.6 is 0 Å². The molecule has 1 aromatic carbocycles. The van der Waals surface area contributed by atoms with E-state index in [1.807, 2.05) is 0 Å². The summed E-state index contributed by atoms with van der Waals surface area (Å²) >= 11 is 0. The van der Waals surface area contributed by atoms with Gasteiger partial charge >= 0.3 is 0 Å². The average Bonchev–Trinajstić information content (AvgIpc) is 2.28. The van der Waals surface area contributed by atoms with Crippen LogP contribution in [0.2, 0.25) is 0 Å². The third-order valence-corrected chi connectivity index (χ3v) is 2.03. The molecule has 0 fully saturated rings. The zero-order valence-corrected chi connectivity index (χ0v) is 8.59. The molecular formula is C10H8FN5O. The van der Waals surface area contributed by atoms with Gasteiger partial charge in [-0.2, -0.15) is 0 Å². The fourth-order valence-electron chi connectivity index (χ4n) is 1.26. The van der Waals surface area contributed by atoms with Crippen molar-refractivity contribution in [2.75, 3.05) is 5.73 Å². The van der Waals surface area contributed by atoms with E-state index in [0.717, 1.165) is 0 Å². The van der Waals surface area contributed by atoms with E-state index in [1.54, 1.807) is 6.07 Å². The maximum absolute atomic E-state index is 13.0. The summed E-state index contributed by atoms with van der Waals surface area (Å²) in [4.78, 5) is 14.7. The van der Waals surface area contributed by atoms with Crippen LogP contribution in [0.1, 0.15) is 10.5 Å². The molecule has 1 heterocycles. The van der Waals surface area contributed by atoms with Crippen LogP contribution in [0.5, 0.6) is 0 Å². The molecule has 17 heavy (non-hydrogen) atoms. The van der Waals surface area contributed by atoms with Crippen molar-refractivity contribution < 1.29 is 9.18 Å². The number of hydrogen-bond acceptors (Lipinski definition) is 5. The number of nitrogens with two attached hydrogens (primary N) is 2. The molecule has 2 rings (SSSR count). The minimum atomic E-state index is -0.812. The predicted octanol–water partition coefficient (Wildman–Crippen LogP) is 0.359. The highest BCUT2D eigenvalue weighted by molar-refractivity contribution is 5.94. The summed E-state index contributed by atoms with van der Waals surface area (Å²) in [6.07, 6.45) is 0. The number of nitrogen functional groups attached to an aromatic ring is 1. The number of anilines is 1. The number of hydrogen-bond donors (Lipinski definition) is 2. The van der Waals surface area contributed by atoms with E-state index in [4.69, 9.17) is 11.5 Å². The predicted molar refractivity (Wildman–Crippen MR) is 58.2 cm³/mol. The van der Waals surface area contributed by atoms with Crippen LogP contribution in [-0.4, -0.2) is 21.1 Å². The Hall–Kier alpha value is -2.57. The second-order valence-corrected chi connectivity index (χ2v) is 3.24. The Morgan fingerprint density at radius 1 is 1.29 bits per heavy atom. The first-order valence-electron chi connectivity index (χ1n) is 4.64. The summed E-state index contributed by atoms with van der Waals surface area (Å²) in [7, 11) is 0. The number of benzene rings is 1. The highest BCUT2D eigenvalue weighted by atomic mass is 19.1. The molecule has 0 saturated heterocycles. The van der Waals surface area contributed by atoms with Crippen molar-refractivity contribution in [3.8, 4) is 11.4 Å². The molecule has 0 aliphatic rings. The third-order valence-electron chi connectivity index (χ3n) is 2.03. The lowest BCUT2D eigenvalue weighted by Crippen LogP contribution is -2.18. The van der Waals surface area contributed by atoms with Gasteiger partial charge in [0, 0.05) is 5.56 Å². The third kappa shape index (κ3) is 2.17. The Labute approximate surface area is 95.5 Å². The summed E-state index contributed by atoms with van der Waals surface area (Å²) in [6.45, 7) is 0. The van der Waals surface area contributed by atoms with Gasteiger partial charge in [0.05, 0.1) is 0 Å². The molecule has 0 bridgehead atoms. The molecule has 0 aliphatic heterocycles. The Morgan fingerprint density at radius 2 is 2.06 bits per heavy atom. The van der Waals surface area contributed by atoms with Gasteiger partial charge in [-0.25, -0.2) is 9.37 Å². The second kappa shape index (κ2) is 4.12. The summed E-state index contributed by atoms with van der Waals surface area (Å²) in [5.74, 6) is -1.24. The van der Waals surface area contributed by atoms with E-state index >= 15 is 0 Å². The van der Waals surface area contributed by atoms with E-state index in [2.05, 4.69) is 15.2 Å². The zero-order chi connectivity index (χ0) is 12.4. The lowest BCUT2D eigenvalue weighted by molar-refractivity contribution is 0.0995. The standard InChI is InChI=1S/C10H8FN5O/c11-6-3-1-2-5(4-6)10-14-8(12)7(9(13)17)15-16-10/h1-4H,(H2,13,17)(H2,12,14,16). The largest absolute Gasteiger partial charge is 0.382 e. The number of primary amides is 1. The van der Waals surface area contributed by atoms with Crippen molar-refractivity contribution in [1.82, 2.24) is 15.2 Å². The van der Waals surface area contributed by atoms with Crippen LogP contribution in [0.3, 0.4) is 0 Å². The van der Waals surface area contributed by atoms with Crippen molar-refractivity contribution in [1.29, 1.82) is 0 Å². The quantitative estimate of drug-likeness (QED) is 0.778. The molecule has 0 aliphatic carbocycles. The normalized spacial score (nSPS) is 10.2. The van der Waals surface area contributed by atoms with Crippen molar-refractivity contribution in [3.05, 3.63) is 35.8 Å². The molecule has 0 radical (unpaired) electrons. The SMILES string of the molecule is NC(=O)c1nnc(-c2cccc(F)c2)nc1N. The molecule has 0 spiro atoms. The minimum Gasteiger partial charge on any atom is -0.382 e. The fraction of sp³-hybridized carbons (Fsp3) is 0. The van der Waals surface area contributed by atoms with E-state index < -0.39 is 11.7 Å². The summed E-state index contributed by atoms with van der Waals surface area (Å²) in [5.41, 5.74) is 10.7. The fourth-order valence-corrected chi connectivity index (χ4v) is 1.26. The molecular weight excluding hydrogens is 225 g/mol. The highest BCUT2D eigenvalue weighted by Crippen LogP contribution is 2.16. The number of halogens is 1. The number of amides is 1. The van der Waals surface area contributed by atoms with Gasteiger partial charge in [-0.05, 0) is 12.1 Å². The van der Waals surface area contributed by atoms with Gasteiger partial charge in [-0.15, -0.1) is 10.2 Å². The van der Waals surface area contributed by atoms with Crippen LogP contribution in [-0.2, 0) is 0 Å². The summed E-state index contributed by atoms with van der Waals surface area (Å²) < 4.78 is 13.0. The molecule has 0 unspecified atom stereocenters. The topological polar surface area (TPSA) is 108 Å². The molecule has 4 N–H and O–H groups in total. The molecule has 86 valence electrons. The van der Waals surface area contributed by atoms with Crippen LogP contribution in [0.15, 0.2) is 24.3 Å². The Bertz CT molecular complexity index is 587. The van der Waals surface area contributed by atoms with Crippen molar-refractivity contribution in [2.45, 2.75) is 0 Å². The number of aromatic nitrogens is 3. The van der Waals surface area contributed by atoms with Crippen LogP contribution in [0, 0.1) is 5.82 Å². The minimum absolute atomic E-state index is 0.131. The first kappa shape index (κ1) is 10.9. The summed E-state index contributed by atoms with van der Waals surface area (Å²) in [5, 5.41) is 7.21.